The van der Waals surface area contributed by atoms with Crippen molar-refractivity contribution in [3.63, 3.8) is 0 Å². The van der Waals surface area contributed by atoms with E-state index in [0.29, 0.717) is 0 Å². The quantitative estimate of drug-likeness (QED) is 0.149. The van der Waals surface area contributed by atoms with Gasteiger partial charge >= 0.3 is 0 Å². The van der Waals surface area contributed by atoms with Crippen molar-refractivity contribution in [3.8, 4) is 50.3 Å². The molecule has 0 radical (unpaired) electrons. The highest BCUT2D eigenvalue weighted by molar-refractivity contribution is 6.33. The van der Waals surface area contributed by atoms with Crippen LogP contribution in [0.5, 0.6) is 5.75 Å². The maximum Gasteiger partial charge on any atom is 0.119 e. The fourth-order valence-corrected chi connectivity index (χ4v) is 11.3. The number of hydrogen-bond donors (Lipinski definition) is 0. The fourth-order valence-electron chi connectivity index (χ4n) is 11.3. The van der Waals surface area contributed by atoms with Gasteiger partial charge in [0.1, 0.15) is 5.75 Å². The molecule has 10 aromatic rings. The molecule has 0 aromatic heterocycles. The minimum absolute atomic E-state index is 0.0467. The average molecular weight is 810 g/mol. The first kappa shape index (κ1) is 37.4. The van der Waals surface area contributed by atoms with Crippen LogP contribution < -0.4 is 9.64 Å². The molecule has 0 saturated heterocycles. The van der Waals surface area contributed by atoms with E-state index in [4.69, 9.17) is 4.74 Å². The predicted octanol–water partition coefficient (Wildman–Crippen LogP) is 16.9. The van der Waals surface area contributed by atoms with E-state index >= 15 is 0 Å². The standard InChI is InChI=1S/C61H47NO/c1-63-47-32-28-44(29-33-47)62(46-30-34-50-49-25-14-15-27-56(49)61(57(50)39-46)36-16-5-17-37-61)45-31-35-52-55(38-45)48-24-12-13-26-51(48)59-54(42-20-8-3-9-21-42)40-53(41-18-6-2-7-19-41)58(60(52)59)43-22-10-4-11-23-43/h2-4,6-15,18-35,38-40H,5,16-17,36-37H2,1H3. The zero-order chi connectivity index (χ0) is 41.9. The minimum atomic E-state index is 0.0467. The van der Waals surface area contributed by atoms with Crippen LogP contribution in [0.15, 0.2) is 206 Å². The van der Waals surface area contributed by atoms with Crippen LogP contribution in [-0.2, 0) is 5.41 Å². The second-order valence-electron chi connectivity index (χ2n) is 17.4. The number of fused-ring (bicyclic) bond motifs is 11. The number of anilines is 3. The Hall–Kier alpha value is -7.42. The van der Waals surface area contributed by atoms with Gasteiger partial charge in [0.15, 0.2) is 0 Å². The Labute approximate surface area is 369 Å². The lowest BCUT2D eigenvalue weighted by Crippen LogP contribution is -2.28. The topological polar surface area (TPSA) is 12.5 Å². The molecule has 0 atom stereocenters. The molecule has 0 amide bonds. The molecule has 10 aromatic carbocycles. The van der Waals surface area contributed by atoms with E-state index in [1.165, 1.54) is 126 Å². The first-order chi connectivity index (χ1) is 31.2. The summed E-state index contributed by atoms with van der Waals surface area (Å²) in [7, 11) is 1.74. The number of hydrogen-bond acceptors (Lipinski definition) is 2. The third kappa shape index (κ3) is 6.00. The van der Waals surface area contributed by atoms with Crippen LogP contribution in [-0.4, -0.2) is 7.11 Å². The number of benzene rings is 10. The molecule has 63 heavy (non-hydrogen) atoms. The van der Waals surface area contributed by atoms with Gasteiger partial charge in [-0.1, -0.05) is 171 Å². The maximum absolute atomic E-state index is 5.69. The summed E-state index contributed by atoms with van der Waals surface area (Å²) in [6.07, 6.45) is 6.21. The molecule has 2 aliphatic carbocycles. The Bertz CT molecular complexity index is 3330. The molecule has 302 valence electrons. The van der Waals surface area contributed by atoms with Crippen molar-refractivity contribution in [1.82, 2.24) is 0 Å². The summed E-state index contributed by atoms with van der Waals surface area (Å²) in [5.74, 6) is 0.845. The SMILES string of the molecule is COc1ccc(N(c2ccc3c(c2)C2(CCCCC2)c2ccccc2-3)c2ccc3c(c2)c2ccccc2c2c(-c4ccccc4)cc(-c4ccccc4)c(-c4ccccc4)c32)cc1. The van der Waals surface area contributed by atoms with Gasteiger partial charge in [0.2, 0.25) is 0 Å². The second-order valence-corrected chi connectivity index (χ2v) is 17.4. The lowest BCUT2D eigenvalue weighted by molar-refractivity contribution is 0.353. The van der Waals surface area contributed by atoms with Gasteiger partial charge in [-0.25, -0.2) is 0 Å². The molecule has 0 aliphatic heterocycles. The largest absolute Gasteiger partial charge is 0.497 e. The molecular weight excluding hydrogens is 763 g/mol. The van der Waals surface area contributed by atoms with Gasteiger partial charge in [0.05, 0.1) is 7.11 Å². The summed E-state index contributed by atoms with van der Waals surface area (Å²) < 4.78 is 5.69. The third-order valence-electron chi connectivity index (χ3n) is 14.1. The molecule has 0 N–H and O–H groups in total. The first-order valence-corrected chi connectivity index (χ1v) is 22.5. The Morgan fingerprint density at radius 2 is 0.937 bits per heavy atom. The van der Waals surface area contributed by atoms with E-state index < -0.39 is 0 Å². The summed E-state index contributed by atoms with van der Waals surface area (Å²) in [5.41, 5.74) is 16.5. The van der Waals surface area contributed by atoms with Gasteiger partial charge in [-0.3, -0.25) is 0 Å². The molecule has 0 bridgehead atoms. The molecule has 0 unspecified atom stereocenters. The Balaban J connectivity index is 1.16. The van der Waals surface area contributed by atoms with Gasteiger partial charge in [-0.15, -0.1) is 0 Å². The normalized spacial score (nSPS) is 13.9. The highest BCUT2D eigenvalue weighted by Gasteiger charge is 2.44. The van der Waals surface area contributed by atoms with Crippen molar-refractivity contribution in [2.75, 3.05) is 12.0 Å². The van der Waals surface area contributed by atoms with Crippen LogP contribution in [0.1, 0.15) is 43.2 Å². The van der Waals surface area contributed by atoms with Gasteiger partial charge in [-0.2, -0.15) is 0 Å². The average Bonchev–Trinajstić information content (AvgIpc) is 3.62. The van der Waals surface area contributed by atoms with E-state index in [9.17, 15) is 0 Å². The zero-order valence-corrected chi connectivity index (χ0v) is 35.5. The van der Waals surface area contributed by atoms with E-state index in [0.717, 1.165) is 17.1 Å². The van der Waals surface area contributed by atoms with Crippen LogP contribution >= 0.6 is 0 Å². The second kappa shape index (κ2) is 15.2. The summed E-state index contributed by atoms with van der Waals surface area (Å²) in [4.78, 5) is 2.46. The lowest BCUT2D eigenvalue weighted by Gasteiger charge is -2.36. The summed E-state index contributed by atoms with van der Waals surface area (Å²) in [5, 5.41) is 7.50. The molecule has 2 nitrogen and oxygen atoms in total. The number of rotatable bonds is 7. The first-order valence-electron chi connectivity index (χ1n) is 22.5. The maximum atomic E-state index is 5.69. The number of methoxy groups -OCH3 is 1. The highest BCUT2D eigenvalue weighted by atomic mass is 16.5. The van der Waals surface area contributed by atoms with Crippen molar-refractivity contribution in [1.29, 1.82) is 0 Å². The van der Waals surface area contributed by atoms with Crippen molar-refractivity contribution in [3.05, 3.63) is 217 Å². The third-order valence-corrected chi connectivity index (χ3v) is 14.1. The van der Waals surface area contributed by atoms with Crippen LogP contribution in [0.3, 0.4) is 0 Å². The van der Waals surface area contributed by atoms with Crippen molar-refractivity contribution in [2.24, 2.45) is 0 Å². The minimum Gasteiger partial charge on any atom is -0.497 e. The Morgan fingerprint density at radius 3 is 1.65 bits per heavy atom. The summed E-state index contributed by atoms with van der Waals surface area (Å²) in [6, 6.07) is 76.6. The van der Waals surface area contributed by atoms with Crippen molar-refractivity contribution < 1.29 is 4.74 Å². The summed E-state index contributed by atoms with van der Waals surface area (Å²) in [6.45, 7) is 0. The zero-order valence-electron chi connectivity index (χ0n) is 35.5. The number of nitrogens with zero attached hydrogens (tertiary/aromatic N) is 1. The van der Waals surface area contributed by atoms with Crippen LogP contribution in [0, 0.1) is 0 Å². The van der Waals surface area contributed by atoms with E-state index in [2.05, 4.69) is 211 Å². The van der Waals surface area contributed by atoms with E-state index in [1.807, 2.05) is 0 Å². The summed E-state index contributed by atoms with van der Waals surface area (Å²) >= 11 is 0. The molecule has 12 rings (SSSR count). The molecular formula is C61H47NO. The molecule has 2 heteroatoms. The predicted molar refractivity (Wildman–Crippen MR) is 266 cm³/mol. The molecule has 0 heterocycles. The number of ether oxygens (including phenoxy) is 1. The van der Waals surface area contributed by atoms with Crippen LogP contribution in [0.4, 0.5) is 17.1 Å². The van der Waals surface area contributed by atoms with Gasteiger partial charge in [-0.05, 0) is 155 Å². The molecule has 2 aliphatic rings. The Morgan fingerprint density at radius 1 is 0.381 bits per heavy atom. The van der Waals surface area contributed by atoms with Gasteiger partial charge in [0.25, 0.3) is 0 Å². The molecule has 1 spiro atoms. The van der Waals surface area contributed by atoms with Crippen LogP contribution in [0.2, 0.25) is 0 Å². The smallest absolute Gasteiger partial charge is 0.119 e. The van der Waals surface area contributed by atoms with Gasteiger partial charge in [0, 0.05) is 22.5 Å². The van der Waals surface area contributed by atoms with Crippen molar-refractivity contribution in [2.45, 2.75) is 37.5 Å². The van der Waals surface area contributed by atoms with E-state index in [1.54, 1.807) is 7.11 Å². The Kier molecular flexibility index (Phi) is 9.00. The van der Waals surface area contributed by atoms with Crippen LogP contribution in [0.25, 0.3) is 76.8 Å². The van der Waals surface area contributed by atoms with Crippen molar-refractivity contribution >= 4 is 49.4 Å². The lowest BCUT2D eigenvalue weighted by atomic mass is 9.68. The highest BCUT2D eigenvalue weighted by Crippen LogP contribution is 2.57. The molecule has 1 saturated carbocycles. The van der Waals surface area contributed by atoms with Gasteiger partial charge < -0.3 is 9.64 Å². The van der Waals surface area contributed by atoms with E-state index in [-0.39, 0.29) is 5.41 Å². The monoisotopic (exact) mass is 809 g/mol. The molecule has 1 fully saturated rings. The fraction of sp³-hybridized carbons (Fsp3) is 0.115.